The van der Waals surface area contributed by atoms with Crippen LogP contribution in [-0.4, -0.2) is 55.8 Å². The van der Waals surface area contributed by atoms with Crippen molar-refractivity contribution in [2.45, 2.75) is 83.1 Å². The highest BCUT2D eigenvalue weighted by Gasteiger charge is 2.69. The Morgan fingerprint density at radius 2 is 1.89 bits per heavy atom. The topological polar surface area (TPSA) is 111 Å². The van der Waals surface area contributed by atoms with Crippen LogP contribution in [0.25, 0.3) is 0 Å². The van der Waals surface area contributed by atoms with E-state index >= 15 is 0 Å². The molecule has 0 aromatic heterocycles. The van der Waals surface area contributed by atoms with Crippen LogP contribution in [0.4, 0.5) is 4.79 Å². The van der Waals surface area contributed by atoms with Gasteiger partial charge in [0, 0.05) is 18.3 Å². The zero-order valence-corrected chi connectivity index (χ0v) is 21.8. The van der Waals surface area contributed by atoms with Crippen LogP contribution in [0.5, 0.6) is 0 Å². The van der Waals surface area contributed by atoms with Crippen LogP contribution < -0.4 is 5.32 Å². The molecule has 9 atom stereocenters. The van der Waals surface area contributed by atoms with E-state index in [0.29, 0.717) is 5.92 Å². The second-order valence-electron chi connectivity index (χ2n) is 10.9. The SMILES string of the molecule is COC(=O)C(CO[C@H]1O[C@@H]2O[C@@]3(C)CC[C@H]4[C@H](C)CC[C@@H]([C@H]1C)[C@@]24OO3)NC(=O)OCc1ccccc1. The molecular weight excluding hydrogens is 482 g/mol. The molecule has 37 heavy (non-hydrogen) atoms. The van der Waals surface area contributed by atoms with Crippen molar-refractivity contribution in [3.63, 3.8) is 0 Å². The molecule has 204 valence electrons. The summed E-state index contributed by atoms with van der Waals surface area (Å²) in [5.74, 6) is -0.814. The van der Waals surface area contributed by atoms with Crippen molar-refractivity contribution in [1.29, 1.82) is 0 Å². The highest BCUT2D eigenvalue weighted by molar-refractivity contribution is 5.81. The lowest BCUT2D eigenvalue weighted by atomic mass is 9.58. The van der Waals surface area contributed by atoms with E-state index in [2.05, 4.69) is 19.2 Å². The predicted octanol–water partition coefficient (Wildman–Crippen LogP) is 3.68. The third-order valence-corrected chi connectivity index (χ3v) is 8.51. The molecular formula is C27H37NO9. The van der Waals surface area contributed by atoms with Gasteiger partial charge in [0.15, 0.2) is 24.2 Å². The van der Waals surface area contributed by atoms with Gasteiger partial charge in [-0.15, -0.1) is 0 Å². The Balaban J connectivity index is 1.25. The molecule has 1 aliphatic carbocycles. The number of alkyl carbamates (subject to hydrolysis) is 1. The Bertz CT molecular complexity index is 976. The van der Waals surface area contributed by atoms with Crippen molar-refractivity contribution in [1.82, 2.24) is 5.32 Å². The smallest absolute Gasteiger partial charge is 0.408 e. The molecule has 1 aromatic rings. The fourth-order valence-electron chi connectivity index (χ4n) is 6.47. The predicted molar refractivity (Wildman–Crippen MR) is 128 cm³/mol. The van der Waals surface area contributed by atoms with Crippen molar-refractivity contribution in [2.75, 3.05) is 13.7 Å². The van der Waals surface area contributed by atoms with Crippen LogP contribution in [0.1, 0.15) is 52.0 Å². The van der Waals surface area contributed by atoms with Crippen molar-refractivity contribution in [3.05, 3.63) is 35.9 Å². The number of hydrogen-bond acceptors (Lipinski definition) is 9. The van der Waals surface area contributed by atoms with Gasteiger partial charge < -0.3 is 29.0 Å². The number of carbonyl (C=O) groups excluding carboxylic acids is 2. The van der Waals surface area contributed by atoms with Crippen molar-refractivity contribution < 1.29 is 43.0 Å². The van der Waals surface area contributed by atoms with Gasteiger partial charge in [0.2, 0.25) is 5.79 Å². The molecule has 1 aromatic carbocycles. The minimum atomic E-state index is -1.07. The second-order valence-corrected chi connectivity index (χ2v) is 10.9. The molecule has 1 amide bonds. The normalized spacial score (nSPS) is 39.1. The van der Waals surface area contributed by atoms with Crippen LogP contribution >= 0.6 is 0 Å². The minimum absolute atomic E-state index is 0.0655. The van der Waals surface area contributed by atoms with E-state index in [4.69, 9.17) is 33.5 Å². The number of carbonyl (C=O) groups is 2. The molecule has 10 heteroatoms. The van der Waals surface area contributed by atoms with Gasteiger partial charge in [-0.05, 0) is 43.6 Å². The highest BCUT2D eigenvalue weighted by atomic mass is 17.3. The number of amides is 1. The number of ether oxygens (including phenoxy) is 5. The quantitative estimate of drug-likeness (QED) is 0.426. The van der Waals surface area contributed by atoms with Gasteiger partial charge in [-0.2, -0.15) is 0 Å². The first-order chi connectivity index (χ1) is 17.8. The molecule has 4 heterocycles. The van der Waals surface area contributed by atoms with Gasteiger partial charge in [-0.25, -0.2) is 19.4 Å². The van der Waals surface area contributed by atoms with Crippen molar-refractivity contribution in [2.24, 2.45) is 23.7 Å². The largest absolute Gasteiger partial charge is 0.467 e. The third-order valence-electron chi connectivity index (χ3n) is 8.51. The average molecular weight is 520 g/mol. The number of fused-ring (bicyclic) bond motifs is 2. The molecule has 1 N–H and O–H groups in total. The third kappa shape index (κ3) is 4.97. The maximum Gasteiger partial charge on any atom is 0.408 e. The molecule has 5 aliphatic rings. The molecule has 4 saturated heterocycles. The summed E-state index contributed by atoms with van der Waals surface area (Å²) in [6, 6.07) is 8.21. The van der Waals surface area contributed by atoms with Crippen molar-refractivity contribution in [3.8, 4) is 0 Å². The maximum atomic E-state index is 12.4. The van der Waals surface area contributed by atoms with E-state index in [1.54, 1.807) is 0 Å². The Kier molecular flexibility index (Phi) is 7.48. The van der Waals surface area contributed by atoms with Crippen LogP contribution in [0.3, 0.4) is 0 Å². The Morgan fingerprint density at radius 3 is 2.65 bits per heavy atom. The van der Waals surface area contributed by atoms with Crippen LogP contribution in [0.15, 0.2) is 30.3 Å². The summed E-state index contributed by atoms with van der Waals surface area (Å²) in [5, 5.41) is 2.55. The van der Waals surface area contributed by atoms with Gasteiger partial charge >= 0.3 is 12.1 Å². The lowest BCUT2D eigenvalue weighted by Gasteiger charge is -2.60. The molecule has 10 nitrogen and oxygen atoms in total. The monoisotopic (exact) mass is 519 g/mol. The first-order valence-corrected chi connectivity index (χ1v) is 13.1. The number of methoxy groups -OCH3 is 1. The molecule has 1 unspecified atom stereocenters. The zero-order valence-electron chi connectivity index (χ0n) is 21.8. The molecule has 2 bridgehead atoms. The summed E-state index contributed by atoms with van der Waals surface area (Å²) in [6.07, 6.45) is 1.57. The van der Waals surface area contributed by atoms with E-state index in [0.717, 1.165) is 31.2 Å². The van der Waals surface area contributed by atoms with E-state index in [1.807, 2.05) is 37.3 Å². The summed E-state index contributed by atoms with van der Waals surface area (Å²) >= 11 is 0. The van der Waals surface area contributed by atoms with E-state index in [1.165, 1.54) is 7.11 Å². The van der Waals surface area contributed by atoms with Gasteiger partial charge in [0.05, 0.1) is 13.7 Å². The van der Waals surface area contributed by atoms with Crippen LogP contribution in [0, 0.1) is 23.7 Å². The van der Waals surface area contributed by atoms with Crippen molar-refractivity contribution >= 4 is 12.1 Å². The number of rotatable bonds is 7. The summed E-state index contributed by atoms with van der Waals surface area (Å²) < 4.78 is 29.0. The summed E-state index contributed by atoms with van der Waals surface area (Å²) in [7, 11) is 1.26. The van der Waals surface area contributed by atoms with E-state index in [9.17, 15) is 9.59 Å². The van der Waals surface area contributed by atoms with E-state index in [-0.39, 0.29) is 31.0 Å². The standard InChI is InChI=1S/C27H37NO9/c1-16-10-11-20-17(2)23(34-24-27(20)19(16)12-13-26(3,35-24)36-37-27)32-15-21(22(29)31-4)28-25(30)33-14-18-8-6-5-7-9-18/h5-9,16-17,19-21,23-24H,10-15H2,1-4H3,(H,28,30)/t16-,17-,19+,20+,21?,23+,24-,26-,27-/m1/s1. The first-order valence-electron chi connectivity index (χ1n) is 13.1. The van der Waals surface area contributed by atoms with Gasteiger partial charge in [-0.1, -0.05) is 44.2 Å². The number of hydrogen-bond donors (Lipinski definition) is 1. The van der Waals surface area contributed by atoms with E-state index < -0.39 is 42.1 Å². The molecule has 6 rings (SSSR count). The molecule has 5 fully saturated rings. The minimum Gasteiger partial charge on any atom is -0.467 e. The van der Waals surface area contributed by atoms with Gasteiger partial charge in [-0.3, -0.25) is 0 Å². The summed E-state index contributed by atoms with van der Waals surface area (Å²) in [5.41, 5.74) is 0.133. The summed E-state index contributed by atoms with van der Waals surface area (Å²) in [4.78, 5) is 36.8. The lowest BCUT2D eigenvalue weighted by Crippen LogP contribution is -2.70. The average Bonchev–Trinajstić information content (AvgIpc) is 3.13. The Labute approximate surface area is 217 Å². The highest BCUT2D eigenvalue weighted by Crippen LogP contribution is 2.60. The molecule has 4 aliphatic heterocycles. The molecule has 0 radical (unpaired) electrons. The number of nitrogens with one attached hydrogen (secondary N) is 1. The zero-order chi connectivity index (χ0) is 26.2. The first kappa shape index (κ1) is 26.4. The van der Waals surface area contributed by atoms with Crippen LogP contribution in [0.2, 0.25) is 0 Å². The Morgan fingerprint density at radius 1 is 1.11 bits per heavy atom. The number of esters is 1. The summed E-state index contributed by atoms with van der Waals surface area (Å²) in [6.45, 7) is 6.11. The molecule has 1 saturated carbocycles. The second kappa shape index (κ2) is 10.5. The Hall–Kier alpha value is -2.24. The fourth-order valence-corrected chi connectivity index (χ4v) is 6.47. The maximum absolute atomic E-state index is 12.4. The van der Waals surface area contributed by atoms with Gasteiger partial charge in [0.1, 0.15) is 6.61 Å². The lowest BCUT2D eigenvalue weighted by molar-refractivity contribution is -0.577. The van der Waals surface area contributed by atoms with Gasteiger partial charge in [0.25, 0.3) is 0 Å². The number of benzene rings is 1. The fraction of sp³-hybridized carbons (Fsp3) is 0.704. The molecule has 1 spiro atoms. The van der Waals surface area contributed by atoms with Crippen LogP contribution in [-0.2, 0) is 44.9 Å².